The van der Waals surface area contributed by atoms with Gasteiger partial charge in [0.05, 0.1) is 5.54 Å². The van der Waals surface area contributed by atoms with Crippen LogP contribution in [0.1, 0.15) is 52.9 Å². The quantitative estimate of drug-likeness (QED) is 0.725. The van der Waals surface area contributed by atoms with Crippen molar-refractivity contribution in [1.29, 1.82) is 0 Å². The topological polar surface area (TPSA) is 58.4 Å². The SMILES string of the molecule is CCNC(C)(CCCN1CCCCC1C)C(N)=O. The number of carbonyl (C=O) groups is 1. The molecule has 0 aromatic carbocycles. The highest BCUT2D eigenvalue weighted by Crippen LogP contribution is 2.18. The lowest BCUT2D eigenvalue weighted by atomic mass is 9.94. The lowest BCUT2D eigenvalue weighted by Gasteiger charge is -2.34. The molecule has 0 saturated carbocycles. The average Bonchev–Trinajstić information content (AvgIpc) is 2.32. The number of hydrogen-bond acceptors (Lipinski definition) is 3. The van der Waals surface area contributed by atoms with Crippen LogP contribution in [0.15, 0.2) is 0 Å². The number of hydrogen-bond donors (Lipinski definition) is 2. The van der Waals surface area contributed by atoms with Crippen molar-refractivity contribution >= 4 is 5.91 Å². The minimum atomic E-state index is -0.548. The van der Waals surface area contributed by atoms with Crippen molar-refractivity contribution in [2.75, 3.05) is 19.6 Å². The van der Waals surface area contributed by atoms with Gasteiger partial charge < -0.3 is 16.0 Å². The number of nitrogens with two attached hydrogens (primary N) is 1. The molecule has 106 valence electrons. The number of likely N-dealkylation sites (tertiary alicyclic amines) is 1. The van der Waals surface area contributed by atoms with E-state index in [-0.39, 0.29) is 5.91 Å². The molecule has 3 N–H and O–H groups in total. The minimum Gasteiger partial charge on any atom is -0.368 e. The Morgan fingerprint density at radius 3 is 2.78 bits per heavy atom. The van der Waals surface area contributed by atoms with Crippen LogP contribution in [0.2, 0.25) is 0 Å². The fraction of sp³-hybridized carbons (Fsp3) is 0.929. The summed E-state index contributed by atoms with van der Waals surface area (Å²) in [7, 11) is 0. The molecule has 0 bridgehead atoms. The molecule has 0 aliphatic carbocycles. The van der Waals surface area contributed by atoms with Gasteiger partial charge in [0.1, 0.15) is 0 Å². The van der Waals surface area contributed by atoms with Crippen LogP contribution in [0.3, 0.4) is 0 Å². The average molecular weight is 255 g/mol. The molecule has 2 unspecified atom stereocenters. The van der Waals surface area contributed by atoms with Crippen molar-refractivity contribution in [1.82, 2.24) is 10.2 Å². The van der Waals surface area contributed by atoms with Crippen LogP contribution in [-0.2, 0) is 4.79 Å². The zero-order valence-corrected chi connectivity index (χ0v) is 12.2. The molecular weight excluding hydrogens is 226 g/mol. The number of piperidine rings is 1. The Balaban J connectivity index is 2.36. The predicted octanol–water partition coefficient (Wildman–Crippen LogP) is 1.49. The monoisotopic (exact) mass is 255 g/mol. The van der Waals surface area contributed by atoms with Crippen LogP contribution in [-0.4, -0.2) is 42.0 Å². The first-order valence-corrected chi connectivity index (χ1v) is 7.28. The number of nitrogens with one attached hydrogen (secondary N) is 1. The predicted molar refractivity (Wildman–Crippen MR) is 75.4 cm³/mol. The fourth-order valence-electron chi connectivity index (χ4n) is 2.81. The van der Waals surface area contributed by atoms with Gasteiger partial charge in [0.2, 0.25) is 5.91 Å². The van der Waals surface area contributed by atoms with Crippen molar-refractivity contribution in [3.63, 3.8) is 0 Å². The Kier molecular flexibility index (Phi) is 6.09. The van der Waals surface area contributed by atoms with Crippen molar-refractivity contribution in [2.45, 2.75) is 64.5 Å². The zero-order chi connectivity index (χ0) is 13.6. The van der Waals surface area contributed by atoms with Crippen LogP contribution in [0.4, 0.5) is 0 Å². The van der Waals surface area contributed by atoms with Crippen molar-refractivity contribution in [3.8, 4) is 0 Å². The maximum atomic E-state index is 11.5. The molecule has 4 nitrogen and oxygen atoms in total. The molecule has 1 rings (SSSR count). The maximum absolute atomic E-state index is 11.5. The summed E-state index contributed by atoms with van der Waals surface area (Å²) in [6.07, 6.45) is 5.81. The molecule has 1 saturated heterocycles. The molecule has 0 radical (unpaired) electrons. The lowest BCUT2D eigenvalue weighted by Crippen LogP contribution is -2.53. The first-order chi connectivity index (χ1) is 8.49. The van der Waals surface area contributed by atoms with Crippen molar-refractivity contribution in [2.24, 2.45) is 5.73 Å². The molecule has 4 heteroatoms. The summed E-state index contributed by atoms with van der Waals surface area (Å²) in [6.45, 7) is 9.29. The summed E-state index contributed by atoms with van der Waals surface area (Å²) in [4.78, 5) is 14.0. The molecular formula is C14H29N3O. The number of amides is 1. The molecule has 0 aromatic heterocycles. The van der Waals surface area contributed by atoms with E-state index in [1.165, 1.54) is 25.8 Å². The fourth-order valence-corrected chi connectivity index (χ4v) is 2.81. The Bertz CT molecular complexity index is 270. The van der Waals surface area contributed by atoms with E-state index < -0.39 is 5.54 Å². The molecule has 1 heterocycles. The summed E-state index contributed by atoms with van der Waals surface area (Å²) < 4.78 is 0. The molecule has 2 atom stereocenters. The van der Waals surface area contributed by atoms with Crippen LogP contribution >= 0.6 is 0 Å². The second kappa shape index (κ2) is 7.10. The Hall–Kier alpha value is -0.610. The first-order valence-electron chi connectivity index (χ1n) is 7.28. The molecule has 0 aromatic rings. The van der Waals surface area contributed by atoms with E-state index in [0.717, 1.165) is 25.9 Å². The zero-order valence-electron chi connectivity index (χ0n) is 12.2. The highest BCUT2D eigenvalue weighted by Gasteiger charge is 2.29. The van der Waals surface area contributed by atoms with Crippen LogP contribution in [0, 0.1) is 0 Å². The normalized spacial score (nSPS) is 24.7. The Morgan fingerprint density at radius 1 is 1.50 bits per heavy atom. The minimum absolute atomic E-state index is 0.240. The van der Waals surface area contributed by atoms with E-state index in [0.29, 0.717) is 6.04 Å². The van der Waals surface area contributed by atoms with Crippen LogP contribution in [0.25, 0.3) is 0 Å². The molecule has 1 amide bonds. The van der Waals surface area contributed by atoms with E-state index in [4.69, 9.17) is 5.73 Å². The first kappa shape index (κ1) is 15.4. The molecule has 1 aliphatic rings. The standard InChI is InChI=1S/C14H29N3O/c1-4-16-14(3,13(15)18)9-7-11-17-10-6-5-8-12(17)2/h12,16H,4-11H2,1-3H3,(H2,15,18). The van der Waals surface area contributed by atoms with Gasteiger partial charge in [-0.2, -0.15) is 0 Å². The van der Waals surface area contributed by atoms with Gasteiger partial charge >= 0.3 is 0 Å². The summed E-state index contributed by atoms with van der Waals surface area (Å²) in [5, 5.41) is 3.21. The third-order valence-corrected chi connectivity index (χ3v) is 4.17. The van der Waals surface area contributed by atoms with Gasteiger partial charge in [-0.15, -0.1) is 0 Å². The number of rotatable bonds is 7. The second-order valence-electron chi connectivity index (χ2n) is 5.71. The number of carbonyl (C=O) groups excluding carboxylic acids is 1. The van der Waals surface area contributed by atoms with E-state index in [1.807, 2.05) is 13.8 Å². The maximum Gasteiger partial charge on any atom is 0.237 e. The third kappa shape index (κ3) is 4.25. The number of primary amides is 1. The largest absolute Gasteiger partial charge is 0.368 e. The van der Waals surface area contributed by atoms with Gasteiger partial charge in [-0.05, 0) is 59.2 Å². The number of likely N-dealkylation sites (N-methyl/N-ethyl adjacent to an activating group) is 1. The van der Waals surface area contributed by atoms with Crippen molar-refractivity contribution < 1.29 is 4.79 Å². The molecule has 18 heavy (non-hydrogen) atoms. The van der Waals surface area contributed by atoms with Gasteiger partial charge in [-0.1, -0.05) is 13.3 Å². The highest BCUT2D eigenvalue weighted by atomic mass is 16.1. The van der Waals surface area contributed by atoms with Gasteiger partial charge in [-0.25, -0.2) is 0 Å². The highest BCUT2D eigenvalue weighted by molar-refractivity contribution is 5.84. The molecule has 1 aliphatic heterocycles. The van der Waals surface area contributed by atoms with Gasteiger partial charge in [0.25, 0.3) is 0 Å². The molecule has 1 fully saturated rings. The second-order valence-corrected chi connectivity index (χ2v) is 5.71. The Morgan fingerprint density at radius 2 is 2.22 bits per heavy atom. The van der Waals surface area contributed by atoms with Crippen LogP contribution < -0.4 is 11.1 Å². The van der Waals surface area contributed by atoms with Gasteiger partial charge in [0, 0.05) is 6.04 Å². The summed E-state index contributed by atoms with van der Waals surface area (Å²) in [5.74, 6) is -0.240. The smallest absolute Gasteiger partial charge is 0.237 e. The van der Waals surface area contributed by atoms with Gasteiger partial charge in [0.15, 0.2) is 0 Å². The van der Waals surface area contributed by atoms with E-state index in [9.17, 15) is 4.79 Å². The van der Waals surface area contributed by atoms with Crippen molar-refractivity contribution in [3.05, 3.63) is 0 Å². The summed E-state index contributed by atoms with van der Waals surface area (Å²) in [5.41, 5.74) is 4.94. The van der Waals surface area contributed by atoms with E-state index >= 15 is 0 Å². The number of nitrogens with zero attached hydrogens (tertiary/aromatic N) is 1. The van der Waals surface area contributed by atoms with Gasteiger partial charge in [-0.3, -0.25) is 4.79 Å². The lowest BCUT2D eigenvalue weighted by molar-refractivity contribution is -0.124. The Labute approximate surface area is 111 Å². The van der Waals surface area contributed by atoms with Crippen LogP contribution in [0.5, 0.6) is 0 Å². The van der Waals surface area contributed by atoms with E-state index in [2.05, 4.69) is 17.1 Å². The third-order valence-electron chi connectivity index (χ3n) is 4.17. The summed E-state index contributed by atoms with van der Waals surface area (Å²) in [6, 6.07) is 0.692. The summed E-state index contributed by atoms with van der Waals surface area (Å²) >= 11 is 0. The van der Waals surface area contributed by atoms with E-state index in [1.54, 1.807) is 0 Å². The molecule has 0 spiro atoms.